The third-order valence-corrected chi connectivity index (χ3v) is 4.78. The van der Waals surface area contributed by atoms with Crippen molar-refractivity contribution in [3.05, 3.63) is 66.2 Å². The standard InChI is InChI=1S/C16H15N3O2S/c1-12-9-18-14(10-17-12)11-19-22(20,21)16-8-4-6-13-5-2-3-7-15(13)16/h2-10,19H,11H2,1H3. The fraction of sp³-hybridized carbons (Fsp3) is 0.125. The molecular formula is C16H15N3O2S. The molecule has 6 heteroatoms. The van der Waals surface area contributed by atoms with Crippen LogP contribution in [0, 0.1) is 6.92 Å². The van der Waals surface area contributed by atoms with Gasteiger partial charge in [0.25, 0.3) is 0 Å². The van der Waals surface area contributed by atoms with Crippen LogP contribution in [0.2, 0.25) is 0 Å². The van der Waals surface area contributed by atoms with Crippen LogP contribution in [0.3, 0.4) is 0 Å². The van der Waals surface area contributed by atoms with E-state index in [1.54, 1.807) is 30.6 Å². The molecule has 1 heterocycles. The maximum absolute atomic E-state index is 12.5. The van der Waals surface area contributed by atoms with E-state index in [1.165, 1.54) is 0 Å². The largest absolute Gasteiger partial charge is 0.258 e. The molecule has 3 aromatic rings. The molecule has 0 atom stereocenters. The molecule has 0 spiro atoms. The first kappa shape index (κ1) is 14.6. The van der Waals surface area contributed by atoms with Crippen LogP contribution < -0.4 is 4.72 Å². The Morgan fingerprint density at radius 1 is 1.00 bits per heavy atom. The van der Waals surface area contributed by atoms with Crippen molar-refractivity contribution >= 4 is 20.8 Å². The van der Waals surface area contributed by atoms with Gasteiger partial charge in [-0.05, 0) is 18.4 Å². The number of sulfonamides is 1. The summed E-state index contributed by atoms with van der Waals surface area (Å²) in [5, 5.41) is 1.59. The number of hydrogen-bond acceptors (Lipinski definition) is 4. The van der Waals surface area contributed by atoms with E-state index in [9.17, 15) is 8.42 Å². The van der Waals surface area contributed by atoms with Gasteiger partial charge < -0.3 is 0 Å². The van der Waals surface area contributed by atoms with Crippen molar-refractivity contribution in [2.75, 3.05) is 0 Å². The van der Waals surface area contributed by atoms with Gasteiger partial charge in [-0.2, -0.15) is 0 Å². The van der Waals surface area contributed by atoms with Crippen molar-refractivity contribution < 1.29 is 8.42 Å². The van der Waals surface area contributed by atoms with Gasteiger partial charge in [-0.3, -0.25) is 9.97 Å². The Hall–Kier alpha value is -2.31. The summed E-state index contributed by atoms with van der Waals surface area (Å²) in [6.07, 6.45) is 3.18. The fourth-order valence-corrected chi connectivity index (χ4v) is 3.41. The number of hydrogen-bond donors (Lipinski definition) is 1. The molecule has 0 saturated heterocycles. The lowest BCUT2D eigenvalue weighted by Gasteiger charge is -2.09. The number of benzene rings is 2. The zero-order chi connectivity index (χ0) is 15.6. The molecule has 22 heavy (non-hydrogen) atoms. The first-order valence-corrected chi connectivity index (χ1v) is 8.29. The summed E-state index contributed by atoms with van der Waals surface area (Å²) in [6.45, 7) is 1.94. The lowest BCUT2D eigenvalue weighted by molar-refractivity contribution is 0.581. The molecule has 112 valence electrons. The van der Waals surface area contributed by atoms with E-state index >= 15 is 0 Å². The molecule has 3 rings (SSSR count). The van der Waals surface area contributed by atoms with Gasteiger partial charge in [-0.25, -0.2) is 13.1 Å². The third-order valence-electron chi connectivity index (χ3n) is 3.32. The van der Waals surface area contributed by atoms with Crippen LogP contribution in [0.25, 0.3) is 10.8 Å². The predicted molar refractivity (Wildman–Crippen MR) is 84.7 cm³/mol. The van der Waals surface area contributed by atoms with E-state index in [2.05, 4.69) is 14.7 Å². The highest BCUT2D eigenvalue weighted by molar-refractivity contribution is 7.89. The minimum absolute atomic E-state index is 0.110. The number of nitrogens with zero attached hydrogens (tertiary/aromatic N) is 2. The summed E-state index contributed by atoms with van der Waals surface area (Å²) in [4.78, 5) is 8.52. The molecule has 0 fully saturated rings. The van der Waals surface area contributed by atoms with Gasteiger partial charge in [-0.15, -0.1) is 0 Å². The van der Waals surface area contributed by atoms with E-state index < -0.39 is 10.0 Å². The fourth-order valence-electron chi connectivity index (χ4n) is 2.19. The molecule has 0 saturated carbocycles. The molecule has 0 bridgehead atoms. The zero-order valence-corrected chi connectivity index (χ0v) is 12.8. The lowest BCUT2D eigenvalue weighted by atomic mass is 10.1. The van der Waals surface area contributed by atoms with Crippen LogP contribution in [-0.2, 0) is 16.6 Å². The first-order chi connectivity index (χ1) is 10.6. The number of aryl methyl sites for hydroxylation is 1. The number of aromatic nitrogens is 2. The second-order valence-corrected chi connectivity index (χ2v) is 6.69. The highest BCUT2D eigenvalue weighted by Crippen LogP contribution is 2.22. The van der Waals surface area contributed by atoms with Gasteiger partial charge in [0.15, 0.2) is 0 Å². The SMILES string of the molecule is Cc1cnc(CNS(=O)(=O)c2cccc3ccccc23)cn1. The first-order valence-electron chi connectivity index (χ1n) is 6.81. The Kier molecular flexibility index (Phi) is 3.87. The molecule has 2 aromatic carbocycles. The third kappa shape index (κ3) is 2.98. The molecule has 0 aliphatic rings. The summed E-state index contributed by atoms with van der Waals surface area (Å²) in [5.41, 5.74) is 1.37. The van der Waals surface area contributed by atoms with Crippen molar-refractivity contribution in [3.8, 4) is 0 Å². The summed E-state index contributed by atoms with van der Waals surface area (Å²) >= 11 is 0. The van der Waals surface area contributed by atoms with Crippen LogP contribution in [0.4, 0.5) is 0 Å². The maximum Gasteiger partial charge on any atom is 0.241 e. The monoisotopic (exact) mass is 313 g/mol. The highest BCUT2D eigenvalue weighted by Gasteiger charge is 2.16. The van der Waals surface area contributed by atoms with Crippen molar-refractivity contribution in [1.82, 2.24) is 14.7 Å². The normalized spacial score (nSPS) is 11.7. The van der Waals surface area contributed by atoms with Crippen LogP contribution >= 0.6 is 0 Å². The molecule has 0 unspecified atom stereocenters. The topological polar surface area (TPSA) is 72.0 Å². The number of fused-ring (bicyclic) bond motifs is 1. The van der Waals surface area contributed by atoms with Gasteiger partial charge in [-0.1, -0.05) is 36.4 Å². The van der Waals surface area contributed by atoms with Gasteiger partial charge in [0, 0.05) is 11.6 Å². The summed E-state index contributed by atoms with van der Waals surface area (Å²) in [6, 6.07) is 12.6. The van der Waals surface area contributed by atoms with Crippen molar-refractivity contribution in [2.45, 2.75) is 18.4 Å². The second-order valence-electron chi connectivity index (χ2n) is 4.95. The number of rotatable bonds is 4. The average molecular weight is 313 g/mol. The minimum Gasteiger partial charge on any atom is -0.258 e. The van der Waals surface area contributed by atoms with Crippen LogP contribution in [0.5, 0.6) is 0 Å². The molecular weight excluding hydrogens is 298 g/mol. The quantitative estimate of drug-likeness (QED) is 0.803. The van der Waals surface area contributed by atoms with Crippen molar-refractivity contribution in [1.29, 1.82) is 0 Å². The highest BCUT2D eigenvalue weighted by atomic mass is 32.2. The van der Waals surface area contributed by atoms with Gasteiger partial charge >= 0.3 is 0 Å². The Balaban J connectivity index is 1.90. The van der Waals surface area contributed by atoms with Crippen molar-refractivity contribution in [3.63, 3.8) is 0 Å². The molecule has 1 N–H and O–H groups in total. The maximum atomic E-state index is 12.5. The summed E-state index contributed by atoms with van der Waals surface area (Å²) < 4.78 is 27.6. The van der Waals surface area contributed by atoms with Crippen LogP contribution in [-0.4, -0.2) is 18.4 Å². The summed E-state index contributed by atoms with van der Waals surface area (Å²) in [5.74, 6) is 0. The van der Waals surface area contributed by atoms with E-state index in [-0.39, 0.29) is 11.4 Å². The van der Waals surface area contributed by atoms with Crippen LogP contribution in [0.15, 0.2) is 59.8 Å². The lowest BCUT2D eigenvalue weighted by Crippen LogP contribution is -2.24. The molecule has 1 aromatic heterocycles. The van der Waals surface area contributed by atoms with Gasteiger partial charge in [0.05, 0.1) is 29.0 Å². The Labute approximate surface area is 129 Å². The van der Waals surface area contributed by atoms with E-state index in [1.807, 2.05) is 31.2 Å². The molecule has 0 aliphatic heterocycles. The Bertz CT molecular complexity index is 901. The van der Waals surface area contributed by atoms with Crippen LogP contribution in [0.1, 0.15) is 11.4 Å². The smallest absolute Gasteiger partial charge is 0.241 e. The number of nitrogens with one attached hydrogen (secondary N) is 1. The molecule has 0 radical (unpaired) electrons. The van der Waals surface area contributed by atoms with Gasteiger partial charge in [0.1, 0.15) is 0 Å². The van der Waals surface area contributed by atoms with Crippen molar-refractivity contribution in [2.24, 2.45) is 0 Å². The predicted octanol–water partition coefficient (Wildman–Crippen LogP) is 2.42. The second kappa shape index (κ2) is 5.82. The van der Waals surface area contributed by atoms with E-state index in [4.69, 9.17) is 0 Å². The average Bonchev–Trinajstić information content (AvgIpc) is 2.54. The Morgan fingerprint density at radius 3 is 2.55 bits per heavy atom. The molecule has 5 nitrogen and oxygen atoms in total. The molecule has 0 amide bonds. The Morgan fingerprint density at radius 2 is 1.77 bits per heavy atom. The van der Waals surface area contributed by atoms with E-state index in [0.717, 1.165) is 11.1 Å². The molecule has 0 aliphatic carbocycles. The zero-order valence-electron chi connectivity index (χ0n) is 12.0. The van der Waals surface area contributed by atoms with E-state index in [0.29, 0.717) is 11.1 Å². The minimum atomic E-state index is -3.61. The van der Waals surface area contributed by atoms with Gasteiger partial charge in [0.2, 0.25) is 10.0 Å². The summed E-state index contributed by atoms with van der Waals surface area (Å²) in [7, 11) is -3.61.